The lowest BCUT2D eigenvalue weighted by Gasteiger charge is -2.11. The van der Waals surface area contributed by atoms with Gasteiger partial charge in [-0.05, 0) is 6.07 Å². The average molecular weight is 243 g/mol. The van der Waals surface area contributed by atoms with E-state index in [1.807, 2.05) is 0 Å². The first kappa shape index (κ1) is 11.4. The van der Waals surface area contributed by atoms with Gasteiger partial charge in [-0.15, -0.1) is 11.3 Å². The lowest BCUT2D eigenvalue weighted by molar-refractivity contribution is -0.0559. The van der Waals surface area contributed by atoms with Crippen LogP contribution in [-0.4, -0.2) is 22.8 Å². The van der Waals surface area contributed by atoms with Crippen LogP contribution in [0.1, 0.15) is 15.2 Å². The average Bonchev–Trinajstić information content (AvgIpc) is 2.48. The van der Waals surface area contributed by atoms with Gasteiger partial charge in [0, 0.05) is 0 Å². The largest absolute Gasteiger partial charge is 0.477 e. The number of rotatable bonds is 3. The van der Waals surface area contributed by atoms with Gasteiger partial charge >= 0.3 is 5.97 Å². The topological polar surface area (TPSA) is 57.5 Å². The highest BCUT2D eigenvalue weighted by Gasteiger charge is 2.36. The summed E-state index contributed by atoms with van der Waals surface area (Å²) in [7, 11) is 0. The second kappa shape index (κ2) is 3.80. The summed E-state index contributed by atoms with van der Waals surface area (Å²) >= 11 is 5.95. The normalized spacial score (nSPS) is 11.7. The van der Waals surface area contributed by atoms with Crippen LogP contribution < -0.4 is 0 Å². The molecule has 0 aromatic carbocycles. The summed E-state index contributed by atoms with van der Waals surface area (Å²) in [5.74, 6) is -5.05. The van der Waals surface area contributed by atoms with E-state index in [2.05, 4.69) is 0 Å². The Kier molecular flexibility index (Phi) is 3.08. The first-order valence-corrected chi connectivity index (χ1v) is 4.59. The number of halogens is 3. The van der Waals surface area contributed by atoms with Gasteiger partial charge in [0.25, 0.3) is 5.92 Å². The Hall–Kier alpha value is -0.720. The van der Waals surface area contributed by atoms with E-state index < -0.39 is 28.9 Å². The second-order valence-electron chi connectivity index (χ2n) is 2.46. The van der Waals surface area contributed by atoms with E-state index in [-0.39, 0.29) is 4.34 Å². The Labute approximate surface area is 86.6 Å². The van der Waals surface area contributed by atoms with Crippen molar-refractivity contribution < 1.29 is 23.8 Å². The smallest absolute Gasteiger partial charge is 0.346 e. The van der Waals surface area contributed by atoms with Gasteiger partial charge in [-0.2, -0.15) is 8.78 Å². The molecule has 78 valence electrons. The van der Waals surface area contributed by atoms with Crippen molar-refractivity contribution in [2.24, 2.45) is 0 Å². The third kappa shape index (κ3) is 2.02. The Morgan fingerprint density at radius 1 is 1.64 bits per heavy atom. The summed E-state index contributed by atoms with van der Waals surface area (Å²) < 4.78 is 25.9. The van der Waals surface area contributed by atoms with Gasteiger partial charge in [-0.3, -0.25) is 0 Å². The zero-order chi connectivity index (χ0) is 10.9. The Morgan fingerprint density at radius 3 is 2.64 bits per heavy atom. The molecule has 0 fully saturated rings. The summed E-state index contributed by atoms with van der Waals surface area (Å²) in [5.41, 5.74) is -0.748. The first-order valence-electron chi connectivity index (χ1n) is 3.40. The van der Waals surface area contributed by atoms with E-state index in [1.54, 1.807) is 0 Å². The summed E-state index contributed by atoms with van der Waals surface area (Å²) in [6.45, 7) is -1.44. The molecule has 0 aliphatic carbocycles. The first-order chi connectivity index (χ1) is 6.38. The molecule has 0 saturated heterocycles. The Bertz CT molecular complexity index is 364. The third-order valence-corrected chi connectivity index (χ3v) is 2.74. The molecule has 0 radical (unpaired) electrons. The number of thiophene rings is 1. The van der Waals surface area contributed by atoms with E-state index in [0.717, 1.165) is 6.07 Å². The van der Waals surface area contributed by atoms with Gasteiger partial charge in [0.05, 0.1) is 9.90 Å². The third-order valence-electron chi connectivity index (χ3n) is 1.49. The number of aromatic carboxylic acids is 1. The van der Waals surface area contributed by atoms with Gasteiger partial charge in [0.15, 0.2) is 0 Å². The molecule has 14 heavy (non-hydrogen) atoms. The van der Waals surface area contributed by atoms with Crippen LogP contribution in [0.2, 0.25) is 4.34 Å². The van der Waals surface area contributed by atoms with Crippen LogP contribution in [0, 0.1) is 0 Å². The number of hydrogen-bond donors (Lipinski definition) is 2. The maximum absolute atomic E-state index is 13.0. The minimum atomic E-state index is -3.57. The molecule has 7 heteroatoms. The molecule has 0 saturated carbocycles. The van der Waals surface area contributed by atoms with Crippen molar-refractivity contribution in [3.63, 3.8) is 0 Å². The Balaban J connectivity index is 3.26. The monoisotopic (exact) mass is 242 g/mol. The number of carboxylic acids is 1. The van der Waals surface area contributed by atoms with Crippen molar-refractivity contribution in [3.05, 3.63) is 20.8 Å². The van der Waals surface area contributed by atoms with Crippen LogP contribution in [0.4, 0.5) is 8.78 Å². The van der Waals surface area contributed by atoms with E-state index >= 15 is 0 Å². The van der Waals surface area contributed by atoms with Crippen LogP contribution in [-0.2, 0) is 5.92 Å². The molecular weight excluding hydrogens is 238 g/mol. The molecule has 3 nitrogen and oxygen atoms in total. The fourth-order valence-corrected chi connectivity index (χ4v) is 1.99. The van der Waals surface area contributed by atoms with Crippen LogP contribution >= 0.6 is 22.9 Å². The molecule has 2 N–H and O–H groups in total. The lowest BCUT2D eigenvalue weighted by Crippen LogP contribution is -2.20. The highest BCUT2D eigenvalue weighted by atomic mass is 35.5. The van der Waals surface area contributed by atoms with E-state index in [0.29, 0.717) is 11.3 Å². The van der Waals surface area contributed by atoms with E-state index in [1.165, 1.54) is 0 Å². The van der Waals surface area contributed by atoms with Crippen molar-refractivity contribution in [2.45, 2.75) is 5.92 Å². The number of aliphatic hydroxyl groups excluding tert-OH is 1. The number of carbonyl (C=O) groups is 1. The van der Waals surface area contributed by atoms with Gasteiger partial charge in [-0.1, -0.05) is 11.6 Å². The van der Waals surface area contributed by atoms with Crippen LogP contribution in [0.3, 0.4) is 0 Å². The van der Waals surface area contributed by atoms with Crippen molar-refractivity contribution in [2.75, 3.05) is 6.61 Å². The molecule has 0 bridgehead atoms. The SMILES string of the molecule is O=C(O)c1sc(Cl)cc1C(F)(F)CO. The quantitative estimate of drug-likeness (QED) is 0.854. The summed E-state index contributed by atoms with van der Waals surface area (Å²) in [4.78, 5) is 9.99. The minimum absolute atomic E-state index is 0.0504. The van der Waals surface area contributed by atoms with Gasteiger partial charge < -0.3 is 10.2 Å². The predicted octanol–water partition coefficient (Wildman–Crippen LogP) is 2.18. The highest BCUT2D eigenvalue weighted by molar-refractivity contribution is 7.18. The maximum atomic E-state index is 13.0. The zero-order valence-corrected chi connectivity index (χ0v) is 8.20. The van der Waals surface area contributed by atoms with E-state index in [9.17, 15) is 13.6 Å². The fraction of sp³-hybridized carbons (Fsp3) is 0.286. The molecule has 0 unspecified atom stereocenters. The molecule has 1 aromatic rings. The summed E-state index contributed by atoms with van der Waals surface area (Å²) in [6, 6.07) is 0.853. The lowest BCUT2D eigenvalue weighted by atomic mass is 10.1. The minimum Gasteiger partial charge on any atom is -0.477 e. The predicted molar refractivity (Wildman–Crippen MR) is 47.3 cm³/mol. The standard InChI is InChI=1S/C7H5ClF2O3S/c8-4-1-3(7(9,10)2-11)5(14-4)6(12)13/h1,11H,2H2,(H,12,13). The van der Waals surface area contributed by atoms with Crippen molar-refractivity contribution in [1.29, 1.82) is 0 Å². The number of hydrogen-bond acceptors (Lipinski definition) is 3. The molecule has 0 atom stereocenters. The fourth-order valence-electron chi connectivity index (χ4n) is 0.877. The van der Waals surface area contributed by atoms with Gasteiger partial charge in [0.1, 0.15) is 11.5 Å². The molecule has 1 rings (SSSR count). The molecule has 0 aliphatic heterocycles. The second-order valence-corrected chi connectivity index (χ2v) is 4.14. The highest BCUT2D eigenvalue weighted by Crippen LogP contribution is 2.37. The van der Waals surface area contributed by atoms with Gasteiger partial charge in [0.2, 0.25) is 0 Å². The van der Waals surface area contributed by atoms with Crippen LogP contribution in [0.5, 0.6) is 0 Å². The Morgan fingerprint density at radius 2 is 2.21 bits per heavy atom. The zero-order valence-electron chi connectivity index (χ0n) is 6.63. The van der Waals surface area contributed by atoms with Crippen LogP contribution in [0.15, 0.2) is 6.07 Å². The molecule has 0 amide bonds. The van der Waals surface area contributed by atoms with Crippen molar-refractivity contribution >= 4 is 28.9 Å². The van der Waals surface area contributed by atoms with E-state index in [4.69, 9.17) is 21.8 Å². The maximum Gasteiger partial charge on any atom is 0.346 e. The van der Waals surface area contributed by atoms with Gasteiger partial charge in [-0.25, -0.2) is 4.79 Å². The molecule has 1 aromatic heterocycles. The molecular formula is C7H5ClF2O3S. The van der Waals surface area contributed by atoms with Crippen molar-refractivity contribution in [1.82, 2.24) is 0 Å². The summed E-state index contributed by atoms with van der Waals surface area (Å²) in [5, 5.41) is 17.0. The molecule has 0 spiro atoms. The van der Waals surface area contributed by atoms with Crippen molar-refractivity contribution in [3.8, 4) is 0 Å². The number of aliphatic hydroxyl groups is 1. The molecule has 0 aliphatic rings. The van der Waals surface area contributed by atoms with Crippen LogP contribution in [0.25, 0.3) is 0 Å². The summed E-state index contributed by atoms with van der Waals surface area (Å²) in [6.07, 6.45) is 0. The molecule has 1 heterocycles. The number of alkyl halides is 2. The number of carboxylic acid groups (broad SMARTS) is 1.